The van der Waals surface area contributed by atoms with Crippen LogP contribution < -0.4 is 5.32 Å². The standard InChI is InChI=1S/C17H27NOS/c1-14(18-12-17(19)9-10-20-13-17)11-16(2,3)15-7-5-4-6-8-15/h4-8,14,18-19H,9-13H2,1-3H3. The first kappa shape index (κ1) is 15.9. The number of rotatable bonds is 6. The van der Waals surface area contributed by atoms with Crippen molar-refractivity contribution in [1.29, 1.82) is 0 Å². The van der Waals surface area contributed by atoms with E-state index >= 15 is 0 Å². The predicted octanol–water partition coefficient (Wildman–Crippen LogP) is 3.20. The van der Waals surface area contributed by atoms with Gasteiger partial charge in [-0.25, -0.2) is 0 Å². The molecule has 3 heteroatoms. The largest absolute Gasteiger partial charge is 0.388 e. The van der Waals surface area contributed by atoms with Crippen molar-refractivity contribution in [3.05, 3.63) is 35.9 Å². The Morgan fingerprint density at radius 3 is 2.65 bits per heavy atom. The van der Waals surface area contributed by atoms with Crippen LogP contribution in [0.4, 0.5) is 0 Å². The molecule has 0 aromatic heterocycles. The SMILES string of the molecule is CC(CC(C)(C)c1ccccc1)NCC1(O)CCSC1. The lowest BCUT2D eigenvalue weighted by molar-refractivity contribution is 0.0640. The molecule has 1 aromatic carbocycles. The van der Waals surface area contributed by atoms with Gasteiger partial charge in [0.25, 0.3) is 0 Å². The molecule has 2 rings (SSSR count). The van der Waals surface area contributed by atoms with E-state index in [2.05, 4.69) is 56.4 Å². The summed E-state index contributed by atoms with van der Waals surface area (Å²) in [6, 6.07) is 11.1. The average Bonchev–Trinajstić information content (AvgIpc) is 2.85. The highest BCUT2D eigenvalue weighted by molar-refractivity contribution is 7.99. The second-order valence-corrected chi connectivity index (χ2v) is 7.87. The molecule has 2 atom stereocenters. The topological polar surface area (TPSA) is 32.3 Å². The molecule has 0 aliphatic carbocycles. The Morgan fingerprint density at radius 1 is 1.35 bits per heavy atom. The van der Waals surface area contributed by atoms with Gasteiger partial charge in [-0.3, -0.25) is 0 Å². The number of hydrogen-bond acceptors (Lipinski definition) is 3. The molecule has 1 aliphatic rings. The second-order valence-electron chi connectivity index (χ2n) is 6.76. The molecule has 2 nitrogen and oxygen atoms in total. The van der Waals surface area contributed by atoms with Crippen LogP contribution in [0.3, 0.4) is 0 Å². The molecule has 1 heterocycles. The molecule has 0 spiro atoms. The summed E-state index contributed by atoms with van der Waals surface area (Å²) in [4.78, 5) is 0. The highest BCUT2D eigenvalue weighted by atomic mass is 32.2. The van der Waals surface area contributed by atoms with Crippen LogP contribution in [0.15, 0.2) is 30.3 Å². The summed E-state index contributed by atoms with van der Waals surface area (Å²) in [5.74, 6) is 1.96. The monoisotopic (exact) mass is 293 g/mol. The lowest BCUT2D eigenvalue weighted by Gasteiger charge is -2.31. The van der Waals surface area contributed by atoms with Crippen LogP contribution in [0, 0.1) is 0 Å². The average molecular weight is 293 g/mol. The van der Waals surface area contributed by atoms with Crippen LogP contribution in [0.25, 0.3) is 0 Å². The molecule has 112 valence electrons. The molecule has 0 saturated carbocycles. The van der Waals surface area contributed by atoms with Crippen LogP contribution in [0.5, 0.6) is 0 Å². The maximum Gasteiger partial charge on any atom is 0.0869 e. The number of benzene rings is 1. The number of aliphatic hydroxyl groups is 1. The fourth-order valence-electron chi connectivity index (χ4n) is 2.94. The van der Waals surface area contributed by atoms with Crippen molar-refractivity contribution in [2.45, 2.75) is 50.7 Å². The Hall–Kier alpha value is -0.510. The smallest absolute Gasteiger partial charge is 0.0869 e. The summed E-state index contributed by atoms with van der Waals surface area (Å²) < 4.78 is 0. The third-order valence-electron chi connectivity index (χ3n) is 4.23. The van der Waals surface area contributed by atoms with E-state index in [1.165, 1.54) is 5.56 Å². The summed E-state index contributed by atoms with van der Waals surface area (Å²) in [6.07, 6.45) is 1.99. The Kier molecular flexibility index (Phi) is 5.16. The maximum atomic E-state index is 10.4. The van der Waals surface area contributed by atoms with E-state index in [1.54, 1.807) is 0 Å². The van der Waals surface area contributed by atoms with E-state index in [1.807, 2.05) is 11.8 Å². The van der Waals surface area contributed by atoms with Crippen LogP contribution in [-0.2, 0) is 5.41 Å². The maximum absolute atomic E-state index is 10.4. The first-order valence-corrected chi connectivity index (χ1v) is 8.66. The molecule has 1 aliphatic heterocycles. The van der Waals surface area contributed by atoms with Crippen molar-refractivity contribution in [1.82, 2.24) is 5.32 Å². The highest BCUT2D eigenvalue weighted by Gasteiger charge is 2.32. The quantitative estimate of drug-likeness (QED) is 0.845. The normalized spacial score (nSPS) is 24.8. The Morgan fingerprint density at radius 2 is 2.05 bits per heavy atom. The van der Waals surface area contributed by atoms with Crippen molar-refractivity contribution in [2.75, 3.05) is 18.1 Å². The van der Waals surface area contributed by atoms with Crippen molar-refractivity contribution in [3.8, 4) is 0 Å². The van der Waals surface area contributed by atoms with Gasteiger partial charge in [0.2, 0.25) is 0 Å². The minimum Gasteiger partial charge on any atom is -0.388 e. The zero-order valence-corrected chi connectivity index (χ0v) is 13.7. The van der Waals surface area contributed by atoms with Crippen LogP contribution >= 0.6 is 11.8 Å². The van der Waals surface area contributed by atoms with E-state index < -0.39 is 5.60 Å². The van der Waals surface area contributed by atoms with Gasteiger partial charge in [-0.15, -0.1) is 0 Å². The van der Waals surface area contributed by atoms with Gasteiger partial charge in [0.1, 0.15) is 0 Å². The van der Waals surface area contributed by atoms with Crippen molar-refractivity contribution < 1.29 is 5.11 Å². The summed E-state index contributed by atoms with van der Waals surface area (Å²) in [5, 5.41) is 13.9. The van der Waals surface area contributed by atoms with E-state index in [0.717, 1.165) is 24.3 Å². The third kappa shape index (κ3) is 4.24. The molecule has 2 unspecified atom stereocenters. The zero-order valence-electron chi connectivity index (χ0n) is 12.9. The molecular formula is C17H27NOS. The van der Waals surface area contributed by atoms with Gasteiger partial charge in [-0.1, -0.05) is 44.2 Å². The van der Waals surface area contributed by atoms with Gasteiger partial charge in [0.15, 0.2) is 0 Å². The molecular weight excluding hydrogens is 266 g/mol. The molecule has 1 aromatic rings. The van der Waals surface area contributed by atoms with E-state index in [9.17, 15) is 5.11 Å². The molecule has 1 saturated heterocycles. The van der Waals surface area contributed by atoms with Gasteiger partial charge >= 0.3 is 0 Å². The van der Waals surface area contributed by atoms with Gasteiger partial charge in [-0.05, 0) is 36.5 Å². The van der Waals surface area contributed by atoms with Gasteiger partial charge in [0, 0.05) is 18.3 Å². The number of nitrogens with one attached hydrogen (secondary N) is 1. The summed E-state index contributed by atoms with van der Waals surface area (Å²) >= 11 is 1.85. The number of thioether (sulfide) groups is 1. The molecule has 0 bridgehead atoms. The van der Waals surface area contributed by atoms with Crippen LogP contribution in [-0.4, -0.2) is 34.8 Å². The Bertz CT molecular complexity index is 412. The lowest BCUT2D eigenvalue weighted by atomic mass is 9.79. The van der Waals surface area contributed by atoms with Crippen LogP contribution in [0.1, 0.15) is 39.2 Å². The van der Waals surface area contributed by atoms with Crippen molar-refractivity contribution >= 4 is 11.8 Å². The van der Waals surface area contributed by atoms with E-state index in [0.29, 0.717) is 12.6 Å². The summed E-state index contributed by atoms with van der Waals surface area (Å²) in [5.41, 5.74) is 1.04. The second kappa shape index (κ2) is 6.50. The first-order valence-electron chi connectivity index (χ1n) is 7.50. The first-order chi connectivity index (χ1) is 9.41. The van der Waals surface area contributed by atoms with Crippen molar-refractivity contribution in [3.63, 3.8) is 0 Å². The molecule has 20 heavy (non-hydrogen) atoms. The minimum absolute atomic E-state index is 0.153. The lowest BCUT2D eigenvalue weighted by Crippen LogP contribution is -2.45. The zero-order chi connectivity index (χ0) is 14.6. The molecule has 0 amide bonds. The Labute approximate surface area is 127 Å². The summed E-state index contributed by atoms with van der Waals surface area (Å²) in [6.45, 7) is 7.52. The van der Waals surface area contributed by atoms with Gasteiger partial charge < -0.3 is 10.4 Å². The fourth-order valence-corrected chi connectivity index (χ4v) is 4.24. The number of hydrogen-bond donors (Lipinski definition) is 2. The minimum atomic E-state index is -0.490. The fraction of sp³-hybridized carbons (Fsp3) is 0.647. The highest BCUT2D eigenvalue weighted by Crippen LogP contribution is 2.29. The van der Waals surface area contributed by atoms with Crippen LogP contribution in [0.2, 0.25) is 0 Å². The van der Waals surface area contributed by atoms with Crippen molar-refractivity contribution in [2.24, 2.45) is 0 Å². The predicted molar refractivity (Wildman–Crippen MR) is 88.4 cm³/mol. The van der Waals surface area contributed by atoms with Gasteiger partial charge in [0.05, 0.1) is 5.60 Å². The third-order valence-corrected chi connectivity index (χ3v) is 5.47. The van der Waals surface area contributed by atoms with E-state index in [4.69, 9.17) is 0 Å². The van der Waals surface area contributed by atoms with Gasteiger partial charge in [-0.2, -0.15) is 11.8 Å². The Balaban J connectivity index is 1.86. The molecule has 1 fully saturated rings. The summed E-state index contributed by atoms with van der Waals surface area (Å²) in [7, 11) is 0. The molecule has 0 radical (unpaired) electrons. The van der Waals surface area contributed by atoms with E-state index in [-0.39, 0.29) is 5.41 Å². The molecule has 2 N–H and O–H groups in total.